The number of carboxylic acid groups (broad SMARTS) is 1. The van der Waals surface area contributed by atoms with Crippen molar-refractivity contribution in [1.82, 2.24) is 0 Å². The quantitative estimate of drug-likeness (QED) is 0.0236. The minimum Gasteiger partial charge on any atom is -0.497 e. The number of carboxylic acids is 1. The normalized spacial score (nSPS) is 11.9. The zero-order valence-corrected chi connectivity index (χ0v) is 76.1. The van der Waals surface area contributed by atoms with Gasteiger partial charge in [-0.05, 0) is 132 Å². The molecule has 124 heavy (non-hydrogen) atoms. The molecule has 10 aromatic carbocycles. The molecule has 0 bridgehead atoms. The highest BCUT2D eigenvalue weighted by Crippen LogP contribution is 2.40. The molecule has 0 spiro atoms. The summed E-state index contributed by atoms with van der Waals surface area (Å²) in [5.74, 6) is 6.68. The first-order valence-corrected chi connectivity index (χ1v) is 47.7. The molecule has 2 amide bonds. The minimum absolute atomic E-state index is 0.0202. The van der Waals surface area contributed by atoms with Gasteiger partial charge in [-0.1, -0.05) is 212 Å². The summed E-state index contributed by atoms with van der Waals surface area (Å²) in [5.41, 5.74) is 19.2. The third kappa shape index (κ3) is 40.3. The van der Waals surface area contributed by atoms with Gasteiger partial charge in [0.1, 0.15) is 44.4 Å². The molecule has 25 heteroatoms. The average molecular weight is 1790 g/mol. The van der Waals surface area contributed by atoms with Gasteiger partial charge in [0, 0.05) is 123 Å². The van der Waals surface area contributed by atoms with Crippen molar-refractivity contribution in [1.29, 1.82) is 0 Å². The number of amides is 2. The summed E-state index contributed by atoms with van der Waals surface area (Å²) in [5, 5.41) is 8.81. The molecular weight excluding hydrogens is 1680 g/mol. The number of ketones is 6. The van der Waals surface area contributed by atoms with E-state index in [2.05, 4.69) is 0 Å². The lowest BCUT2D eigenvalue weighted by Gasteiger charge is -2.17. The molecule has 0 saturated heterocycles. The summed E-state index contributed by atoms with van der Waals surface area (Å²) in [6, 6.07) is 84.9. The van der Waals surface area contributed by atoms with Crippen LogP contribution in [-0.2, 0) is 29.0 Å². The molecule has 0 aliphatic rings. The zero-order valence-electron chi connectivity index (χ0n) is 71.2. The van der Waals surface area contributed by atoms with E-state index in [1.807, 2.05) is 261 Å². The summed E-state index contributed by atoms with van der Waals surface area (Å²) in [4.78, 5) is 107. The zero-order chi connectivity index (χ0) is 89.9. The van der Waals surface area contributed by atoms with Crippen LogP contribution in [0.4, 0.5) is 0 Å². The first-order valence-electron chi connectivity index (χ1n) is 40.4. The Morgan fingerprint density at radius 1 is 0.298 bits per heavy atom. The maximum atomic E-state index is 12.6. The largest absolute Gasteiger partial charge is 0.497 e. The van der Waals surface area contributed by atoms with E-state index in [1.165, 1.54) is 18.0 Å². The van der Waals surface area contributed by atoms with Gasteiger partial charge in [-0.25, -0.2) is 8.42 Å². The van der Waals surface area contributed by atoms with Crippen molar-refractivity contribution in [2.45, 2.75) is 110 Å². The number of rotatable bonds is 48. The maximum Gasteiger partial charge on any atom is 0.304 e. The Hall–Kier alpha value is -10.7. The van der Waals surface area contributed by atoms with Crippen LogP contribution in [0.25, 0.3) is 0 Å². The van der Waals surface area contributed by atoms with Crippen LogP contribution in [0.2, 0.25) is 0 Å². The van der Waals surface area contributed by atoms with Gasteiger partial charge < -0.3 is 45.1 Å². The fourth-order valence-electron chi connectivity index (χ4n) is 12.2. The third-order valence-corrected chi connectivity index (χ3v) is 26.6. The molecule has 0 heterocycles. The van der Waals surface area contributed by atoms with E-state index < -0.39 is 15.8 Å². The molecule has 5 atom stereocenters. The highest BCUT2D eigenvalue weighted by molar-refractivity contribution is 8.00. The van der Waals surface area contributed by atoms with Crippen molar-refractivity contribution < 1.29 is 80.4 Å². The van der Waals surface area contributed by atoms with Crippen molar-refractivity contribution in [2.75, 3.05) is 76.3 Å². The molecule has 0 aliphatic heterocycles. The van der Waals surface area contributed by atoms with Gasteiger partial charge in [-0.15, -0.1) is 0 Å². The van der Waals surface area contributed by atoms with E-state index in [0.29, 0.717) is 98.2 Å². The summed E-state index contributed by atoms with van der Waals surface area (Å²) >= 11 is 8.12. The first-order chi connectivity index (χ1) is 59.8. The van der Waals surface area contributed by atoms with E-state index in [-0.39, 0.29) is 84.9 Å². The number of carbonyl (C=O) groups excluding carboxylic acids is 8. The number of primary amides is 2. The second-order valence-corrected chi connectivity index (χ2v) is 37.2. The second-order valence-electron chi connectivity index (χ2n) is 28.3. The van der Waals surface area contributed by atoms with E-state index in [4.69, 9.17) is 40.3 Å². The van der Waals surface area contributed by atoms with Crippen molar-refractivity contribution >= 4 is 121 Å². The Bertz CT molecular complexity index is 4720. The van der Waals surface area contributed by atoms with Gasteiger partial charge >= 0.3 is 5.97 Å². The second kappa shape index (κ2) is 57.7. The molecule has 19 nitrogen and oxygen atoms in total. The highest BCUT2D eigenvalue weighted by atomic mass is 32.2. The fourth-order valence-corrected chi connectivity index (χ4v) is 19.1. The average Bonchev–Trinajstić information content (AvgIpc) is 0.873. The van der Waals surface area contributed by atoms with Gasteiger partial charge in [-0.3, -0.25) is 38.4 Å². The van der Waals surface area contributed by atoms with Crippen molar-refractivity contribution in [2.24, 2.45) is 11.5 Å². The van der Waals surface area contributed by atoms with Gasteiger partial charge in [0.2, 0.25) is 11.8 Å². The monoisotopic (exact) mass is 1790 g/mol. The molecular formula is C99H112N2O17S6. The van der Waals surface area contributed by atoms with E-state index >= 15 is 0 Å². The van der Waals surface area contributed by atoms with Crippen LogP contribution in [0.5, 0.6) is 28.7 Å². The van der Waals surface area contributed by atoms with Crippen LogP contribution >= 0.6 is 58.8 Å². The Morgan fingerprint density at radius 2 is 0.508 bits per heavy atom. The van der Waals surface area contributed by atoms with Crippen molar-refractivity contribution in [3.8, 4) is 28.7 Å². The van der Waals surface area contributed by atoms with Crippen LogP contribution in [0.1, 0.15) is 190 Å². The Morgan fingerprint density at radius 3 is 0.710 bits per heavy atom. The number of hydrogen-bond acceptors (Lipinski definition) is 21. The van der Waals surface area contributed by atoms with Crippen LogP contribution in [-0.4, -0.2) is 142 Å². The van der Waals surface area contributed by atoms with Crippen molar-refractivity contribution in [3.63, 3.8) is 0 Å². The number of sulfone groups is 1. The fraction of sp³-hybridized carbons (Fsp3) is 0.303. The van der Waals surface area contributed by atoms with Gasteiger partial charge in [0.25, 0.3) is 0 Å². The highest BCUT2D eigenvalue weighted by Gasteiger charge is 2.24. The van der Waals surface area contributed by atoms with Gasteiger partial charge in [-0.2, -0.15) is 58.8 Å². The van der Waals surface area contributed by atoms with Crippen LogP contribution < -0.4 is 35.2 Å². The van der Waals surface area contributed by atoms with Crippen LogP contribution in [0.3, 0.4) is 0 Å². The lowest BCUT2D eigenvalue weighted by atomic mass is 10.0. The maximum absolute atomic E-state index is 12.6. The molecule has 0 aliphatic carbocycles. The van der Waals surface area contributed by atoms with Gasteiger partial charge in [0.15, 0.2) is 28.9 Å². The predicted octanol–water partition coefficient (Wildman–Crippen LogP) is 21.1. The third-order valence-electron chi connectivity index (χ3n) is 18.9. The molecule has 0 saturated carbocycles. The van der Waals surface area contributed by atoms with E-state index in [9.17, 15) is 51.6 Å². The molecule has 656 valence electrons. The molecule has 5 unspecified atom stereocenters. The Kier molecular flexibility index (Phi) is 47.5. The first kappa shape index (κ1) is 102. The molecule has 0 fully saturated rings. The molecule has 10 aromatic rings. The van der Waals surface area contributed by atoms with E-state index in [1.54, 1.807) is 102 Å². The lowest BCUT2D eigenvalue weighted by Crippen LogP contribution is -2.12. The van der Waals surface area contributed by atoms with Crippen LogP contribution in [0.15, 0.2) is 273 Å². The Labute approximate surface area is 751 Å². The summed E-state index contributed by atoms with van der Waals surface area (Å²) in [6.45, 7) is 1.62. The molecule has 0 aromatic heterocycles. The van der Waals surface area contributed by atoms with Gasteiger partial charge in [0.05, 0.1) is 47.7 Å². The van der Waals surface area contributed by atoms with Crippen LogP contribution in [0, 0.1) is 0 Å². The number of aliphatic carboxylic acids is 1. The van der Waals surface area contributed by atoms with E-state index in [0.717, 1.165) is 85.6 Å². The molecule has 5 N–H and O–H groups in total. The lowest BCUT2D eigenvalue weighted by molar-refractivity contribution is -0.136. The minimum atomic E-state index is -2.96. The molecule has 0 radical (unpaired) electrons. The number of Topliss-reactive ketones (excluding diaryl/α,β-unsaturated/α-hetero) is 6. The number of carbonyl (C=O) groups is 9. The number of nitrogens with two attached hydrogens (primary N) is 2. The number of ether oxygens (including phenoxy) is 5. The topological polar surface area (TPSA) is 306 Å². The SMILES string of the molecule is COc1ccc(C(CC(=O)c2ccccc2)SCCC(=O)O)cc1.COc1ccc(C(CC(=O)c2ccccc2)SCCC(N)=O)cc1.COc1ccc(C(CC(=O)c2ccccc2)SCCCC(C)=O)cc1.COc1ccc(C(CC(=O)c2ccccc2)SCCCC(N)=O)cc1.COc1ccc(C(CC(=O)c2ccccc2)SCCCS(C)(=O)=O)cc1. The summed E-state index contributed by atoms with van der Waals surface area (Å²) < 4.78 is 48.5. The standard InChI is InChI=1S/C21H24O3S.C20H23NO3S.C20H24O4S2.C19H21NO3S.C19H20O4S/c1-16(22)7-6-14-25-21(18-10-12-19(24-2)13-11-18)15-20(23)17-8-4-3-5-9-17;1-24-17-11-9-16(10-12-17)19(25-13-5-8-20(21)23)14-18(22)15-6-3-2-4-7-15;1-24-18-11-9-17(10-12-18)20(25-13-6-14-26(2,22)23)15-19(21)16-7-4-3-5-8-16;1-23-16-9-7-15(8-10-16)18(24-12-11-19(20)22)13-17(21)14-5-3-2-4-6-14;1-23-16-9-7-15(8-10-16)18(24-12-11-19(21)22)13-17(20)14-5-3-2-4-6-14/h3-5,8-13,21H,6-7,14-15H2,1-2H3;2-4,6-7,9-12,19H,5,8,13-14H2,1H3,(H2,21,23);3-5,7-12,20H,6,13-15H2,1-2H3;2-10,18H,11-13H2,1H3,(H2,20,22);2-10,18H,11-13H2,1H3,(H,21,22). The summed E-state index contributed by atoms with van der Waals surface area (Å²) in [7, 11) is 5.15. The number of thioether (sulfide) groups is 5. The summed E-state index contributed by atoms with van der Waals surface area (Å²) in [6.07, 6.45) is 6.67. The molecule has 10 rings (SSSR count). The number of benzene rings is 10. The predicted molar refractivity (Wildman–Crippen MR) is 507 cm³/mol. The van der Waals surface area contributed by atoms with Crippen molar-refractivity contribution in [3.05, 3.63) is 329 Å². The number of methoxy groups -OCH3 is 5. The number of hydrogen-bond donors (Lipinski definition) is 3. The Balaban J connectivity index is 0.000000240. The smallest absolute Gasteiger partial charge is 0.304 e.